The molecule has 1 amide bonds. The van der Waals surface area contributed by atoms with Gasteiger partial charge >= 0.3 is 0 Å². The molecule has 0 spiro atoms. The molecule has 0 radical (unpaired) electrons. The molecule has 0 aliphatic carbocycles. The summed E-state index contributed by atoms with van der Waals surface area (Å²) in [7, 11) is 0. The van der Waals surface area contributed by atoms with Gasteiger partial charge in [0.15, 0.2) is 0 Å². The van der Waals surface area contributed by atoms with Gasteiger partial charge in [-0.2, -0.15) is 0 Å². The highest BCUT2D eigenvalue weighted by Crippen LogP contribution is 2.30. The number of likely N-dealkylation sites (tertiary alicyclic amines) is 1. The molecule has 0 bridgehead atoms. The predicted octanol–water partition coefficient (Wildman–Crippen LogP) is 6.86. The first-order valence-corrected chi connectivity index (χ1v) is 13.4. The zero-order valence-corrected chi connectivity index (χ0v) is 21.7. The topological polar surface area (TPSA) is 37.3 Å². The van der Waals surface area contributed by atoms with Crippen LogP contribution in [0.2, 0.25) is 0 Å². The third kappa shape index (κ3) is 6.02. The summed E-state index contributed by atoms with van der Waals surface area (Å²) in [6.45, 7) is 14.5. The molecule has 2 aromatic carbocycles. The minimum Gasteiger partial charge on any atom is -0.352 e. The lowest BCUT2D eigenvalue weighted by atomic mass is 9.91. The number of nitrogens with one attached hydrogen (secondary N) is 1. The second kappa shape index (κ2) is 10.9. The van der Waals surface area contributed by atoms with Crippen molar-refractivity contribution in [2.75, 3.05) is 26.2 Å². The highest BCUT2D eigenvalue weighted by atomic mass is 16.1. The van der Waals surface area contributed by atoms with Crippen molar-refractivity contribution in [2.24, 2.45) is 11.3 Å². The van der Waals surface area contributed by atoms with Gasteiger partial charge in [0.1, 0.15) is 0 Å². The van der Waals surface area contributed by atoms with Crippen LogP contribution < -0.4 is 5.32 Å². The number of piperidine rings is 1. The van der Waals surface area contributed by atoms with E-state index in [0.29, 0.717) is 11.3 Å². The Morgan fingerprint density at radius 2 is 1.71 bits per heavy atom. The molecule has 3 aromatic rings. The standard InChI is InChI=1S/C30H43N3O/c1-5-6-9-17-33-27-11-8-7-10-25(27)26-21-24(12-13-28(26)33)29(34)31-22-23-14-18-32(19-15-23)20-16-30(2,3)4/h7-8,10-13,21,23H,5-6,9,14-20,22H2,1-4H3,(H,31,34). The molecule has 1 fully saturated rings. The van der Waals surface area contributed by atoms with Crippen LogP contribution in [0, 0.1) is 11.3 Å². The molecule has 1 aliphatic heterocycles. The van der Waals surface area contributed by atoms with Gasteiger partial charge in [0.05, 0.1) is 0 Å². The Morgan fingerprint density at radius 1 is 0.971 bits per heavy atom. The highest BCUT2D eigenvalue weighted by Gasteiger charge is 2.21. The fourth-order valence-electron chi connectivity index (χ4n) is 5.20. The monoisotopic (exact) mass is 461 g/mol. The molecule has 34 heavy (non-hydrogen) atoms. The molecular weight excluding hydrogens is 418 g/mol. The zero-order valence-electron chi connectivity index (χ0n) is 21.7. The van der Waals surface area contributed by atoms with Crippen molar-refractivity contribution < 1.29 is 4.79 Å². The second-order valence-electron chi connectivity index (χ2n) is 11.4. The normalized spacial score (nSPS) is 15.9. The number of hydrogen-bond acceptors (Lipinski definition) is 2. The van der Waals surface area contributed by atoms with Gasteiger partial charge in [0.2, 0.25) is 0 Å². The van der Waals surface area contributed by atoms with Gasteiger partial charge in [-0.05, 0) is 80.9 Å². The van der Waals surface area contributed by atoms with Gasteiger partial charge in [-0.15, -0.1) is 0 Å². The fourth-order valence-corrected chi connectivity index (χ4v) is 5.20. The Bertz CT molecular complexity index is 1100. The maximum atomic E-state index is 13.0. The first-order chi connectivity index (χ1) is 16.4. The maximum absolute atomic E-state index is 13.0. The Kier molecular flexibility index (Phi) is 7.98. The predicted molar refractivity (Wildman–Crippen MR) is 145 cm³/mol. The number of benzene rings is 2. The lowest BCUT2D eigenvalue weighted by Crippen LogP contribution is -2.39. The van der Waals surface area contributed by atoms with E-state index in [1.165, 1.54) is 66.9 Å². The molecule has 1 aliphatic rings. The van der Waals surface area contributed by atoms with Crippen LogP contribution in [0.4, 0.5) is 0 Å². The Morgan fingerprint density at radius 3 is 2.44 bits per heavy atom. The number of carbonyl (C=O) groups is 1. The van der Waals surface area contributed by atoms with Crippen molar-refractivity contribution in [1.29, 1.82) is 0 Å². The lowest BCUT2D eigenvalue weighted by Gasteiger charge is -2.33. The molecular formula is C30H43N3O. The number of unbranched alkanes of at least 4 members (excludes halogenated alkanes) is 2. The molecule has 0 atom stereocenters. The summed E-state index contributed by atoms with van der Waals surface area (Å²) in [6.07, 6.45) is 7.23. The number of aryl methyl sites for hydroxylation is 1. The summed E-state index contributed by atoms with van der Waals surface area (Å²) >= 11 is 0. The summed E-state index contributed by atoms with van der Waals surface area (Å²) < 4.78 is 2.43. The van der Waals surface area contributed by atoms with Crippen molar-refractivity contribution in [3.05, 3.63) is 48.0 Å². The largest absolute Gasteiger partial charge is 0.352 e. The van der Waals surface area contributed by atoms with Gasteiger partial charge < -0.3 is 14.8 Å². The molecule has 1 saturated heterocycles. The third-order valence-electron chi connectivity index (χ3n) is 7.46. The lowest BCUT2D eigenvalue weighted by molar-refractivity contribution is 0.0934. The number of hydrogen-bond donors (Lipinski definition) is 1. The SMILES string of the molecule is CCCCCn1c2ccccc2c2cc(C(=O)NCC3CCN(CCC(C)(C)C)CC3)ccc21. The van der Waals surface area contributed by atoms with Crippen LogP contribution in [-0.2, 0) is 6.54 Å². The summed E-state index contributed by atoms with van der Waals surface area (Å²) in [5.74, 6) is 0.638. The van der Waals surface area contributed by atoms with E-state index in [-0.39, 0.29) is 5.91 Å². The molecule has 184 valence electrons. The summed E-state index contributed by atoms with van der Waals surface area (Å²) in [6, 6.07) is 14.8. The summed E-state index contributed by atoms with van der Waals surface area (Å²) in [5.41, 5.74) is 3.67. The smallest absolute Gasteiger partial charge is 0.251 e. The third-order valence-corrected chi connectivity index (χ3v) is 7.46. The second-order valence-corrected chi connectivity index (χ2v) is 11.4. The van der Waals surface area contributed by atoms with Crippen molar-refractivity contribution in [2.45, 2.75) is 72.8 Å². The Hall–Kier alpha value is -2.33. The number of nitrogens with zero attached hydrogens (tertiary/aromatic N) is 2. The minimum atomic E-state index is 0.0554. The van der Waals surface area contributed by atoms with Crippen LogP contribution >= 0.6 is 0 Å². The van der Waals surface area contributed by atoms with Gasteiger partial charge in [-0.3, -0.25) is 4.79 Å². The molecule has 0 saturated carbocycles. The number of carbonyl (C=O) groups excluding carboxylic acids is 1. The number of para-hydroxylation sites is 1. The van der Waals surface area contributed by atoms with Crippen LogP contribution in [0.5, 0.6) is 0 Å². The number of amides is 1. The summed E-state index contributed by atoms with van der Waals surface area (Å²) in [4.78, 5) is 15.6. The van der Waals surface area contributed by atoms with E-state index >= 15 is 0 Å². The first-order valence-electron chi connectivity index (χ1n) is 13.4. The van der Waals surface area contributed by atoms with Crippen LogP contribution in [0.15, 0.2) is 42.5 Å². The van der Waals surface area contributed by atoms with Crippen molar-refractivity contribution in [1.82, 2.24) is 14.8 Å². The number of fused-ring (bicyclic) bond motifs is 3. The van der Waals surface area contributed by atoms with Crippen LogP contribution in [0.25, 0.3) is 21.8 Å². The van der Waals surface area contributed by atoms with E-state index in [9.17, 15) is 4.79 Å². The molecule has 1 N–H and O–H groups in total. The Balaban J connectivity index is 1.38. The van der Waals surface area contributed by atoms with E-state index in [0.717, 1.165) is 31.7 Å². The van der Waals surface area contributed by atoms with E-state index in [2.05, 4.69) is 78.9 Å². The number of rotatable bonds is 9. The van der Waals surface area contributed by atoms with Gasteiger partial charge in [-0.1, -0.05) is 58.7 Å². The molecule has 4 nitrogen and oxygen atoms in total. The average molecular weight is 462 g/mol. The fraction of sp³-hybridized carbons (Fsp3) is 0.567. The molecule has 1 aromatic heterocycles. The maximum Gasteiger partial charge on any atom is 0.251 e. The van der Waals surface area contributed by atoms with Crippen molar-refractivity contribution in [3.8, 4) is 0 Å². The summed E-state index contributed by atoms with van der Waals surface area (Å²) in [5, 5.41) is 5.67. The molecule has 4 rings (SSSR count). The van der Waals surface area contributed by atoms with Gasteiger partial charge in [0.25, 0.3) is 5.91 Å². The van der Waals surface area contributed by atoms with Crippen LogP contribution in [0.1, 0.15) is 76.6 Å². The number of aromatic nitrogens is 1. The van der Waals surface area contributed by atoms with E-state index < -0.39 is 0 Å². The Labute approximate surface area is 205 Å². The van der Waals surface area contributed by atoms with Crippen molar-refractivity contribution in [3.63, 3.8) is 0 Å². The van der Waals surface area contributed by atoms with Crippen molar-refractivity contribution >= 4 is 27.7 Å². The molecule has 0 unspecified atom stereocenters. The van der Waals surface area contributed by atoms with E-state index in [4.69, 9.17) is 0 Å². The van der Waals surface area contributed by atoms with Gasteiger partial charge in [0, 0.05) is 40.5 Å². The van der Waals surface area contributed by atoms with E-state index in [1.807, 2.05) is 6.07 Å². The zero-order chi connectivity index (χ0) is 24.1. The molecule has 4 heteroatoms. The quantitative estimate of drug-likeness (QED) is 0.353. The van der Waals surface area contributed by atoms with E-state index in [1.54, 1.807) is 0 Å². The highest BCUT2D eigenvalue weighted by molar-refractivity contribution is 6.10. The molecule has 2 heterocycles. The first kappa shape index (κ1) is 24.8. The van der Waals surface area contributed by atoms with Crippen LogP contribution in [0.3, 0.4) is 0 Å². The average Bonchev–Trinajstić information content (AvgIpc) is 3.15. The minimum absolute atomic E-state index is 0.0554. The van der Waals surface area contributed by atoms with Gasteiger partial charge in [-0.25, -0.2) is 0 Å². The van der Waals surface area contributed by atoms with Crippen LogP contribution in [-0.4, -0.2) is 41.6 Å².